The molecule has 0 spiro atoms. The summed E-state index contributed by atoms with van der Waals surface area (Å²) >= 11 is 5.49. The van der Waals surface area contributed by atoms with E-state index >= 15 is 0 Å². The first-order valence-electron chi connectivity index (χ1n) is 7.53. The van der Waals surface area contributed by atoms with E-state index in [1.807, 2.05) is 0 Å². The number of nitrogens with one attached hydrogen (secondary N) is 2. The van der Waals surface area contributed by atoms with E-state index in [2.05, 4.69) is 10.5 Å². The first-order valence-corrected chi connectivity index (χ1v) is 7.91. The van der Waals surface area contributed by atoms with Crippen molar-refractivity contribution in [3.8, 4) is 0 Å². The minimum atomic E-state index is -0.833. The fraction of sp³-hybridized carbons (Fsp3) is 0.375. The molecule has 9 heteroatoms. The van der Waals surface area contributed by atoms with Crippen molar-refractivity contribution < 1.29 is 23.2 Å². The third kappa shape index (κ3) is 5.14. The molecule has 0 amide bonds. The number of H-pyrrole nitrogens is 1. The van der Waals surface area contributed by atoms with E-state index in [1.165, 1.54) is 18.2 Å². The number of carboxylic acid groups (broad SMARTS) is 1. The Bertz CT molecular complexity index is 778. The first-order chi connectivity index (χ1) is 11.8. The zero-order chi connectivity index (χ0) is 18.6. The average molecular weight is 375 g/mol. The van der Waals surface area contributed by atoms with Gasteiger partial charge in [-0.3, -0.25) is 9.59 Å². The van der Waals surface area contributed by atoms with Crippen molar-refractivity contribution in [2.24, 2.45) is 0 Å². The summed E-state index contributed by atoms with van der Waals surface area (Å²) in [5, 5.41) is 12.4. The zero-order valence-corrected chi connectivity index (χ0v) is 14.1. The molecule has 2 heterocycles. The quantitative estimate of drug-likeness (QED) is 0.702. The molecular formula is C16H17ClF2N2O4. The van der Waals surface area contributed by atoms with Gasteiger partial charge >= 0.3 is 0 Å². The second kappa shape index (κ2) is 8.26. The summed E-state index contributed by atoms with van der Waals surface area (Å²) in [4.78, 5) is 20.1. The Balaban J connectivity index is 0.000000511. The van der Waals surface area contributed by atoms with Gasteiger partial charge in [-0.2, -0.15) is 5.16 Å². The predicted molar refractivity (Wildman–Crippen MR) is 86.7 cm³/mol. The average Bonchev–Trinajstić information content (AvgIpc) is 2.98. The fourth-order valence-corrected chi connectivity index (χ4v) is 2.81. The van der Waals surface area contributed by atoms with E-state index in [0.29, 0.717) is 24.3 Å². The molecule has 0 radical (unpaired) electrons. The molecule has 0 aliphatic carbocycles. The van der Waals surface area contributed by atoms with Crippen LogP contribution in [0, 0.1) is 11.6 Å². The highest BCUT2D eigenvalue weighted by atomic mass is 35.5. The molecule has 0 bridgehead atoms. The maximum absolute atomic E-state index is 13.6. The molecule has 136 valence electrons. The third-order valence-corrected chi connectivity index (χ3v) is 4.12. The largest absolute Gasteiger partial charge is 0.481 e. The maximum atomic E-state index is 13.6. The van der Waals surface area contributed by atoms with Gasteiger partial charge in [-0.1, -0.05) is 11.6 Å². The molecule has 0 saturated carbocycles. The van der Waals surface area contributed by atoms with Gasteiger partial charge in [-0.25, -0.2) is 8.78 Å². The van der Waals surface area contributed by atoms with Gasteiger partial charge in [0.05, 0.1) is 0 Å². The van der Waals surface area contributed by atoms with E-state index in [9.17, 15) is 13.6 Å². The van der Waals surface area contributed by atoms with E-state index in [4.69, 9.17) is 26.0 Å². The smallest absolute Gasteiger partial charge is 0.300 e. The van der Waals surface area contributed by atoms with Gasteiger partial charge in [0.1, 0.15) is 22.4 Å². The van der Waals surface area contributed by atoms with Gasteiger partial charge in [0.25, 0.3) is 11.5 Å². The molecule has 1 saturated heterocycles. The van der Waals surface area contributed by atoms with Crippen molar-refractivity contribution in [2.75, 3.05) is 6.54 Å². The van der Waals surface area contributed by atoms with E-state index in [0.717, 1.165) is 13.3 Å². The normalized spacial score (nSPS) is 19.8. The molecule has 6 nitrogen and oxygen atoms in total. The highest BCUT2D eigenvalue weighted by Crippen LogP contribution is 2.35. The minimum absolute atomic E-state index is 0.0250. The summed E-state index contributed by atoms with van der Waals surface area (Å²) in [6.07, 6.45) is 1.37. The maximum Gasteiger partial charge on any atom is 0.300 e. The van der Waals surface area contributed by atoms with Crippen LogP contribution in [0.4, 0.5) is 8.78 Å². The Labute approximate surface area is 146 Å². The monoisotopic (exact) mass is 374 g/mol. The molecule has 0 unspecified atom stereocenters. The second-order valence-electron chi connectivity index (χ2n) is 5.66. The molecule has 1 aromatic heterocycles. The molecule has 1 fully saturated rings. The lowest BCUT2D eigenvalue weighted by Gasteiger charge is -2.29. The number of hydrogen-bond donors (Lipinski definition) is 3. The highest BCUT2D eigenvalue weighted by molar-refractivity contribution is 6.30. The molecule has 1 aliphatic rings. The lowest BCUT2D eigenvalue weighted by Crippen LogP contribution is -2.31. The number of aliphatic carboxylic acids is 1. The Hall–Kier alpha value is -2.19. The van der Waals surface area contributed by atoms with Crippen LogP contribution >= 0.6 is 11.6 Å². The molecule has 1 aliphatic heterocycles. The lowest BCUT2D eigenvalue weighted by molar-refractivity contribution is -0.134. The third-order valence-electron chi connectivity index (χ3n) is 3.76. The molecule has 2 aromatic rings. The van der Waals surface area contributed by atoms with Gasteiger partial charge in [0.15, 0.2) is 0 Å². The van der Waals surface area contributed by atoms with Crippen LogP contribution in [0.25, 0.3) is 0 Å². The summed E-state index contributed by atoms with van der Waals surface area (Å²) < 4.78 is 32.2. The van der Waals surface area contributed by atoms with Gasteiger partial charge < -0.3 is 14.9 Å². The summed E-state index contributed by atoms with van der Waals surface area (Å²) in [6, 6.07) is 3.67. The van der Waals surface area contributed by atoms with Gasteiger partial charge in [0, 0.05) is 24.9 Å². The SMILES string of the molecule is CC(=O)O.O=c1cc([C@@H]2CCN[C@@H](c3cc(F)c(Cl)c(F)c3)C2)o[nH]1. The number of halogens is 3. The zero-order valence-electron chi connectivity index (χ0n) is 13.3. The van der Waals surface area contributed by atoms with Crippen molar-refractivity contribution >= 4 is 17.6 Å². The number of aromatic nitrogens is 1. The van der Waals surface area contributed by atoms with Crippen molar-refractivity contribution in [1.82, 2.24) is 10.5 Å². The van der Waals surface area contributed by atoms with Gasteiger partial charge in [-0.15, -0.1) is 0 Å². The molecule has 3 rings (SSSR count). The van der Waals surface area contributed by atoms with Crippen LogP contribution in [0.2, 0.25) is 5.02 Å². The molecule has 2 atom stereocenters. The molecular weight excluding hydrogens is 358 g/mol. The van der Waals surface area contributed by atoms with Crippen LogP contribution in [0.1, 0.15) is 43.0 Å². The molecule has 1 aromatic carbocycles. The van der Waals surface area contributed by atoms with Crippen LogP contribution in [-0.2, 0) is 4.79 Å². The predicted octanol–water partition coefficient (Wildman–Crippen LogP) is 3.20. The second-order valence-corrected chi connectivity index (χ2v) is 6.04. The molecule has 25 heavy (non-hydrogen) atoms. The highest BCUT2D eigenvalue weighted by Gasteiger charge is 2.27. The van der Waals surface area contributed by atoms with Crippen LogP contribution in [-0.4, -0.2) is 22.8 Å². The minimum Gasteiger partial charge on any atom is -0.481 e. The van der Waals surface area contributed by atoms with Crippen molar-refractivity contribution in [3.63, 3.8) is 0 Å². The number of rotatable bonds is 2. The summed E-state index contributed by atoms with van der Waals surface area (Å²) in [5.74, 6) is -1.79. The van der Waals surface area contributed by atoms with Crippen molar-refractivity contribution in [2.45, 2.75) is 31.7 Å². The number of hydrogen-bond acceptors (Lipinski definition) is 4. The first kappa shape index (κ1) is 19.1. The molecule has 3 N–H and O–H groups in total. The fourth-order valence-electron chi connectivity index (χ4n) is 2.70. The summed E-state index contributed by atoms with van der Waals surface area (Å²) in [7, 11) is 0. The Kier molecular flexibility index (Phi) is 6.33. The standard InChI is InChI=1S/C14H13ClF2N2O2.C2H4O2/c15-14-9(16)3-8(4-10(14)17)11-5-7(1-2-18-11)12-6-13(20)19-21-12;1-2(3)4/h3-4,6-7,11,18H,1-2,5H2,(H,19,20);1H3,(H,3,4)/t7-,11-;/m1./s1. The van der Waals surface area contributed by atoms with Gasteiger partial charge in [0.2, 0.25) is 0 Å². The van der Waals surface area contributed by atoms with Crippen LogP contribution in [0.5, 0.6) is 0 Å². The Morgan fingerprint density at radius 1 is 1.32 bits per heavy atom. The summed E-state index contributed by atoms with van der Waals surface area (Å²) in [6.45, 7) is 1.75. The van der Waals surface area contributed by atoms with Gasteiger partial charge in [-0.05, 0) is 37.1 Å². The Morgan fingerprint density at radius 3 is 2.44 bits per heavy atom. The van der Waals surface area contributed by atoms with Crippen molar-refractivity contribution in [3.05, 3.63) is 56.5 Å². The number of carboxylic acids is 1. The topological polar surface area (TPSA) is 95.3 Å². The number of carbonyl (C=O) groups is 1. The summed E-state index contributed by atoms with van der Waals surface area (Å²) in [5.41, 5.74) is 0.209. The lowest BCUT2D eigenvalue weighted by atomic mass is 9.87. The van der Waals surface area contributed by atoms with Crippen LogP contribution < -0.4 is 10.9 Å². The van der Waals surface area contributed by atoms with E-state index < -0.39 is 22.6 Å². The van der Waals surface area contributed by atoms with E-state index in [-0.39, 0.29) is 17.5 Å². The number of benzene rings is 1. The Morgan fingerprint density at radius 2 is 1.92 bits per heavy atom. The number of aromatic amines is 1. The van der Waals surface area contributed by atoms with E-state index in [1.54, 1.807) is 0 Å². The van der Waals surface area contributed by atoms with Crippen LogP contribution in [0.3, 0.4) is 0 Å². The van der Waals surface area contributed by atoms with Crippen LogP contribution in [0.15, 0.2) is 27.5 Å². The number of piperidine rings is 1. The van der Waals surface area contributed by atoms with Crippen molar-refractivity contribution in [1.29, 1.82) is 0 Å².